The zero-order chi connectivity index (χ0) is 11.4. The van der Waals surface area contributed by atoms with E-state index in [4.69, 9.17) is 9.47 Å². The molecular formula is C13H20O3. The summed E-state index contributed by atoms with van der Waals surface area (Å²) in [6.45, 7) is 2.03. The molecule has 2 unspecified atom stereocenters. The summed E-state index contributed by atoms with van der Waals surface area (Å²) in [6, 6.07) is 0. The average molecular weight is 224 g/mol. The quantitative estimate of drug-likeness (QED) is 0.533. The zero-order valence-corrected chi connectivity index (χ0v) is 10.1. The Labute approximate surface area is 96.5 Å². The first-order valence-corrected chi connectivity index (χ1v) is 6.49. The Morgan fingerprint density at radius 3 is 2.81 bits per heavy atom. The van der Waals surface area contributed by atoms with Gasteiger partial charge in [0.1, 0.15) is 5.60 Å². The Morgan fingerprint density at radius 1 is 1.44 bits per heavy atom. The lowest BCUT2D eigenvalue weighted by atomic mass is 9.54. The van der Waals surface area contributed by atoms with E-state index in [2.05, 4.69) is 0 Å². The van der Waals surface area contributed by atoms with Gasteiger partial charge in [-0.05, 0) is 37.5 Å². The number of epoxide rings is 1. The van der Waals surface area contributed by atoms with Gasteiger partial charge in [-0.25, -0.2) is 4.79 Å². The molecule has 1 aliphatic heterocycles. The second kappa shape index (κ2) is 3.22. The molecule has 3 aliphatic rings. The molecule has 0 aromatic carbocycles. The van der Waals surface area contributed by atoms with Crippen LogP contribution in [-0.2, 0) is 14.3 Å². The molecule has 1 heterocycles. The van der Waals surface area contributed by atoms with Crippen molar-refractivity contribution in [2.24, 2.45) is 11.8 Å². The van der Waals surface area contributed by atoms with Crippen LogP contribution in [0.25, 0.3) is 0 Å². The second-order valence-electron chi connectivity index (χ2n) is 5.52. The normalized spacial score (nSPS) is 49.4. The molecule has 3 heteroatoms. The lowest BCUT2D eigenvalue weighted by molar-refractivity contribution is -0.147. The minimum atomic E-state index is -0.583. The summed E-state index contributed by atoms with van der Waals surface area (Å²) in [5, 5.41) is 0. The average Bonchev–Trinajstić information content (AvgIpc) is 3.00. The molecule has 1 saturated heterocycles. The van der Waals surface area contributed by atoms with E-state index >= 15 is 0 Å². The summed E-state index contributed by atoms with van der Waals surface area (Å²) in [4.78, 5) is 11.9. The summed E-state index contributed by atoms with van der Waals surface area (Å²) >= 11 is 0. The third-order valence-corrected chi connectivity index (χ3v) is 5.08. The maximum atomic E-state index is 11.9. The molecule has 4 atom stereocenters. The summed E-state index contributed by atoms with van der Waals surface area (Å²) in [7, 11) is 1.46. The van der Waals surface area contributed by atoms with Crippen LogP contribution < -0.4 is 0 Å². The first kappa shape index (κ1) is 10.6. The van der Waals surface area contributed by atoms with Crippen LogP contribution in [0, 0.1) is 11.8 Å². The monoisotopic (exact) mass is 224 g/mol. The van der Waals surface area contributed by atoms with Crippen molar-refractivity contribution in [3.63, 3.8) is 0 Å². The first-order chi connectivity index (χ1) is 7.70. The van der Waals surface area contributed by atoms with Crippen molar-refractivity contribution < 1.29 is 14.3 Å². The van der Waals surface area contributed by atoms with Crippen molar-refractivity contribution in [2.75, 3.05) is 7.11 Å². The van der Waals surface area contributed by atoms with Crippen LogP contribution in [0.15, 0.2) is 0 Å². The predicted molar refractivity (Wildman–Crippen MR) is 58.9 cm³/mol. The number of hydrogen-bond donors (Lipinski definition) is 0. The molecule has 0 amide bonds. The summed E-state index contributed by atoms with van der Waals surface area (Å²) in [5.41, 5.74) is -0.708. The number of carbonyl (C=O) groups is 1. The third-order valence-electron chi connectivity index (χ3n) is 5.08. The third kappa shape index (κ3) is 1.01. The van der Waals surface area contributed by atoms with Crippen LogP contribution in [0.5, 0.6) is 0 Å². The van der Waals surface area contributed by atoms with Gasteiger partial charge in [-0.15, -0.1) is 0 Å². The minimum absolute atomic E-state index is 0.125. The lowest BCUT2D eigenvalue weighted by Gasteiger charge is -2.47. The lowest BCUT2D eigenvalue weighted by Crippen LogP contribution is -2.53. The van der Waals surface area contributed by atoms with E-state index in [9.17, 15) is 4.79 Å². The predicted octanol–water partition coefficient (Wildman–Crippen LogP) is 2.29. The van der Waals surface area contributed by atoms with E-state index in [0.717, 1.165) is 18.8 Å². The Kier molecular flexibility index (Phi) is 2.13. The van der Waals surface area contributed by atoms with Crippen molar-refractivity contribution in [2.45, 2.75) is 56.7 Å². The molecule has 0 aromatic heterocycles. The molecule has 3 rings (SSSR count). The summed E-state index contributed by atoms with van der Waals surface area (Å²) in [6.07, 6.45) is 7.06. The fourth-order valence-corrected chi connectivity index (χ4v) is 4.21. The highest BCUT2D eigenvalue weighted by atomic mass is 16.7. The van der Waals surface area contributed by atoms with Crippen molar-refractivity contribution in [3.05, 3.63) is 0 Å². The highest BCUT2D eigenvalue weighted by Crippen LogP contribution is 2.70. The molecular weight excluding hydrogens is 204 g/mol. The highest BCUT2D eigenvalue weighted by molar-refractivity contribution is 5.85. The van der Waals surface area contributed by atoms with Gasteiger partial charge in [0.2, 0.25) is 0 Å². The summed E-state index contributed by atoms with van der Waals surface area (Å²) in [5.74, 6) is 1.28. The first-order valence-electron chi connectivity index (χ1n) is 6.49. The molecule has 2 saturated carbocycles. The molecule has 0 aromatic rings. The molecule has 0 bridgehead atoms. The van der Waals surface area contributed by atoms with E-state index < -0.39 is 5.60 Å². The van der Waals surface area contributed by atoms with Crippen molar-refractivity contribution >= 4 is 5.97 Å². The number of methoxy groups -OCH3 is 1. The van der Waals surface area contributed by atoms with Gasteiger partial charge in [0, 0.05) is 0 Å². The van der Waals surface area contributed by atoms with Gasteiger partial charge >= 0.3 is 5.97 Å². The van der Waals surface area contributed by atoms with Gasteiger partial charge in [0.05, 0.1) is 7.11 Å². The number of carbonyl (C=O) groups excluding carboxylic acids is 1. The largest absolute Gasteiger partial charge is 0.467 e. The van der Waals surface area contributed by atoms with E-state index in [1.54, 1.807) is 0 Å². The standard InChI is InChI=1S/C13H20O3/c1-3-12(11(14)15-2)13(16-12)8-9-6-4-5-7-10(9)13/h9-10H,3-8H2,1-2H3/t9-,10-,12?,13?/m1/s1. The Bertz CT molecular complexity index is 327. The Hall–Kier alpha value is -0.570. The van der Waals surface area contributed by atoms with Crippen LogP contribution in [0.3, 0.4) is 0 Å². The highest BCUT2D eigenvalue weighted by Gasteiger charge is 2.82. The van der Waals surface area contributed by atoms with E-state index in [1.807, 2.05) is 6.92 Å². The van der Waals surface area contributed by atoms with Gasteiger partial charge in [0.15, 0.2) is 5.60 Å². The number of esters is 1. The van der Waals surface area contributed by atoms with Gasteiger partial charge in [-0.2, -0.15) is 0 Å². The molecule has 2 aliphatic carbocycles. The minimum Gasteiger partial charge on any atom is -0.467 e. The smallest absolute Gasteiger partial charge is 0.341 e. The van der Waals surface area contributed by atoms with Crippen molar-refractivity contribution in [1.82, 2.24) is 0 Å². The van der Waals surface area contributed by atoms with Crippen molar-refractivity contribution in [3.8, 4) is 0 Å². The summed E-state index contributed by atoms with van der Waals surface area (Å²) < 4.78 is 10.8. The number of ether oxygens (including phenoxy) is 2. The Morgan fingerprint density at radius 2 is 2.19 bits per heavy atom. The van der Waals surface area contributed by atoms with E-state index in [-0.39, 0.29) is 11.6 Å². The second-order valence-corrected chi connectivity index (χ2v) is 5.52. The molecule has 16 heavy (non-hydrogen) atoms. The number of fused-ring (bicyclic) bond motifs is 2. The van der Waals surface area contributed by atoms with Gasteiger partial charge in [-0.1, -0.05) is 19.8 Å². The van der Waals surface area contributed by atoms with Crippen LogP contribution in [-0.4, -0.2) is 24.3 Å². The SMILES string of the molecule is CCC1(C(=O)OC)OC12C[C@H]1CCCC[C@H]12. The van der Waals surface area contributed by atoms with Gasteiger partial charge in [0.25, 0.3) is 0 Å². The zero-order valence-electron chi connectivity index (χ0n) is 10.1. The molecule has 3 fully saturated rings. The van der Waals surface area contributed by atoms with E-state index in [1.165, 1.54) is 32.8 Å². The Balaban J connectivity index is 1.80. The fraction of sp³-hybridized carbons (Fsp3) is 0.923. The van der Waals surface area contributed by atoms with E-state index in [0.29, 0.717) is 5.92 Å². The van der Waals surface area contributed by atoms with Crippen LogP contribution in [0.4, 0.5) is 0 Å². The van der Waals surface area contributed by atoms with Crippen LogP contribution in [0.1, 0.15) is 45.4 Å². The maximum absolute atomic E-state index is 11.9. The van der Waals surface area contributed by atoms with Crippen molar-refractivity contribution in [1.29, 1.82) is 0 Å². The number of rotatable bonds is 2. The molecule has 0 N–H and O–H groups in total. The molecule has 3 nitrogen and oxygen atoms in total. The van der Waals surface area contributed by atoms with Gasteiger partial charge in [-0.3, -0.25) is 0 Å². The fourth-order valence-electron chi connectivity index (χ4n) is 4.21. The maximum Gasteiger partial charge on any atom is 0.341 e. The van der Waals surface area contributed by atoms with Crippen LogP contribution >= 0.6 is 0 Å². The molecule has 0 radical (unpaired) electrons. The topological polar surface area (TPSA) is 38.8 Å². The molecule has 90 valence electrons. The van der Waals surface area contributed by atoms with Crippen LogP contribution in [0.2, 0.25) is 0 Å². The number of hydrogen-bond acceptors (Lipinski definition) is 3. The van der Waals surface area contributed by atoms with Gasteiger partial charge < -0.3 is 9.47 Å². The molecule has 1 spiro atoms.